The van der Waals surface area contributed by atoms with Gasteiger partial charge in [0.25, 0.3) is 11.6 Å². The maximum Gasteiger partial charge on any atom is 0.285 e. The molecule has 0 saturated heterocycles. The lowest BCUT2D eigenvalue weighted by atomic mass is 10.2. The van der Waals surface area contributed by atoms with Gasteiger partial charge in [-0.1, -0.05) is 0 Å². The third-order valence-corrected chi connectivity index (χ3v) is 4.05. The Labute approximate surface area is 136 Å². The van der Waals surface area contributed by atoms with Crippen LogP contribution in [0.1, 0.15) is 10.4 Å². The van der Waals surface area contributed by atoms with E-state index in [0.717, 1.165) is 0 Å². The highest BCUT2D eigenvalue weighted by molar-refractivity contribution is 9.11. The summed E-state index contributed by atoms with van der Waals surface area (Å²) in [5, 5.41) is 13.4. The van der Waals surface area contributed by atoms with Gasteiger partial charge in [0.05, 0.1) is 9.40 Å². The Balaban J connectivity index is 2.25. The predicted molar refractivity (Wildman–Crippen MR) is 87.3 cm³/mol. The normalized spacial score (nSPS) is 10.2. The van der Waals surface area contributed by atoms with Crippen molar-refractivity contribution < 1.29 is 9.72 Å². The summed E-state index contributed by atoms with van der Waals surface area (Å²) in [5.74, 6) is -0.397. The molecule has 0 saturated carbocycles. The molecular weight excluding hydrogens is 406 g/mol. The van der Waals surface area contributed by atoms with Gasteiger partial charge in [0.2, 0.25) is 0 Å². The zero-order valence-electron chi connectivity index (χ0n) is 10.5. The van der Waals surface area contributed by atoms with E-state index in [9.17, 15) is 14.9 Å². The molecule has 0 aromatic heterocycles. The molecule has 2 aromatic rings. The SMILES string of the molecule is Nc1cc(C(=O)Nc2ccc(Br)c([N+](=O)[O-])c2)ccc1Br. The number of carbonyl (C=O) groups is 1. The number of amides is 1. The number of rotatable bonds is 3. The van der Waals surface area contributed by atoms with Crippen molar-refractivity contribution in [3.63, 3.8) is 0 Å². The Morgan fingerprint density at radius 3 is 2.43 bits per heavy atom. The number of nitrogen functional groups attached to an aromatic ring is 1. The van der Waals surface area contributed by atoms with Crippen molar-refractivity contribution in [2.75, 3.05) is 11.1 Å². The second-order valence-electron chi connectivity index (χ2n) is 4.11. The van der Waals surface area contributed by atoms with Crippen molar-refractivity contribution in [3.05, 3.63) is 61.0 Å². The van der Waals surface area contributed by atoms with Gasteiger partial charge >= 0.3 is 0 Å². The Hall–Kier alpha value is -1.93. The number of anilines is 2. The van der Waals surface area contributed by atoms with Crippen LogP contribution in [0.25, 0.3) is 0 Å². The zero-order chi connectivity index (χ0) is 15.6. The van der Waals surface area contributed by atoms with Crippen LogP contribution in [0.4, 0.5) is 17.1 Å². The van der Waals surface area contributed by atoms with Gasteiger partial charge in [-0.15, -0.1) is 0 Å². The number of nitrogens with one attached hydrogen (secondary N) is 1. The number of nitro groups is 1. The Morgan fingerprint density at radius 1 is 1.14 bits per heavy atom. The molecule has 2 rings (SSSR count). The summed E-state index contributed by atoms with van der Waals surface area (Å²) < 4.78 is 1.04. The maximum absolute atomic E-state index is 12.1. The van der Waals surface area contributed by atoms with E-state index in [2.05, 4.69) is 37.2 Å². The number of benzene rings is 2. The van der Waals surface area contributed by atoms with Crippen LogP contribution in [0.3, 0.4) is 0 Å². The van der Waals surface area contributed by atoms with Crippen LogP contribution in [0.5, 0.6) is 0 Å². The van der Waals surface area contributed by atoms with Crippen molar-refractivity contribution in [1.82, 2.24) is 0 Å². The number of nitrogens with two attached hydrogens (primary N) is 1. The first-order chi connectivity index (χ1) is 9.88. The molecule has 0 bridgehead atoms. The second kappa shape index (κ2) is 6.23. The molecule has 8 heteroatoms. The molecule has 0 unspecified atom stereocenters. The first-order valence-corrected chi connectivity index (χ1v) is 7.27. The first-order valence-electron chi connectivity index (χ1n) is 5.69. The summed E-state index contributed by atoms with van der Waals surface area (Å²) in [5.41, 5.74) is 6.72. The van der Waals surface area contributed by atoms with Crippen LogP contribution in [-0.4, -0.2) is 10.8 Å². The monoisotopic (exact) mass is 413 g/mol. The van der Waals surface area contributed by atoms with Gasteiger partial charge in [-0.3, -0.25) is 14.9 Å². The fraction of sp³-hybridized carbons (Fsp3) is 0. The summed E-state index contributed by atoms with van der Waals surface area (Å²) in [7, 11) is 0. The number of nitro benzene ring substituents is 1. The number of hydrogen-bond acceptors (Lipinski definition) is 4. The minimum absolute atomic E-state index is 0.122. The molecule has 3 N–H and O–H groups in total. The number of nitrogens with zero attached hydrogens (tertiary/aromatic N) is 1. The molecular formula is C13H9Br2N3O3. The molecule has 1 amide bonds. The lowest BCUT2D eigenvalue weighted by Crippen LogP contribution is -2.12. The van der Waals surface area contributed by atoms with E-state index in [1.165, 1.54) is 18.2 Å². The summed E-state index contributed by atoms with van der Waals surface area (Å²) in [4.78, 5) is 22.4. The van der Waals surface area contributed by atoms with Crippen LogP contribution in [0.2, 0.25) is 0 Å². The topological polar surface area (TPSA) is 98.3 Å². The van der Waals surface area contributed by atoms with E-state index in [0.29, 0.717) is 25.9 Å². The van der Waals surface area contributed by atoms with Gasteiger partial charge in [-0.2, -0.15) is 0 Å². The van der Waals surface area contributed by atoms with Crippen LogP contribution in [-0.2, 0) is 0 Å². The number of carbonyl (C=O) groups excluding carboxylic acids is 1. The third kappa shape index (κ3) is 3.59. The summed E-state index contributed by atoms with van der Waals surface area (Å²) in [6, 6.07) is 9.13. The highest BCUT2D eigenvalue weighted by atomic mass is 79.9. The summed E-state index contributed by atoms with van der Waals surface area (Å²) in [6.07, 6.45) is 0. The Bertz CT molecular complexity index is 735. The van der Waals surface area contributed by atoms with Crippen LogP contribution < -0.4 is 11.1 Å². The standard InChI is InChI=1S/C13H9Br2N3O3/c14-9-3-1-7(5-11(9)16)13(19)17-8-2-4-10(15)12(6-8)18(20)21/h1-6H,16H2,(H,17,19). The maximum atomic E-state index is 12.1. The average Bonchev–Trinajstić information content (AvgIpc) is 2.43. The van der Waals surface area contributed by atoms with Crippen molar-refractivity contribution in [2.24, 2.45) is 0 Å². The molecule has 0 radical (unpaired) electrons. The molecule has 0 spiro atoms. The van der Waals surface area contributed by atoms with E-state index >= 15 is 0 Å². The van der Waals surface area contributed by atoms with Crippen molar-refractivity contribution in [1.29, 1.82) is 0 Å². The minimum Gasteiger partial charge on any atom is -0.398 e. The molecule has 0 atom stereocenters. The molecule has 6 nitrogen and oxygen atoms in total. The zero-order valence-corrected chi connectivity index (χ0v) is 13.6. The fourth-order valence-electron chi connectivity index (χ4n) is 1.62. The fourth-order valence-corrected chi connectivity index (χ4v) is 2.26. The molecule has 0 aliphatic carbocycles. The van der Waals surface area contributed by atoms with Gasteiger partial charge < -0.3 is 11.1 Å². The molecule has 0 heterocycles. The van der Waals surface area contributed by atoms with E-state index < -0.39 is 10.8 Å². The third-order valence-electron chi connectivity index (χ3n) is 2.66. The van der Waals surface area contributed by atoms with Crippen LogP contribution in [0, 0.1) is 10.1 Å². The molecule has 0 aliphatic rings. The quantitative estimate of drug-likeness (QED) is 0.451. The lowest BCUT2D eigenvalue weighted by Gasteiger charge is -2.07. The lowest BCUT2D eigenvalue weighted by molar-refractivity contribution is -0.385. The Morgan fingerprint density at radius 2 is 1.81 bits per heavy atom. The highest BCUT2D eigenvalue weighted by Crippen LogP contribution is 2.28. The van der Waals surface area contributed by atoms with Crippen LogP contribution in [0.15, 0.2) is 45.3 Å². The largest absolute Gasteiger partial charge is 0.398 e. The van der Waals surface area contributed by atoms with E-state index in [1.54, 1.807) is 18.2 Å². The predicted octanol–water partition coefficient (Wildman–Crippen LogP) is 3.95. The Kier molecular flexibility index (Phi) is 4.59. The molecule has 0 aliphatic heterocycles. The van der Waals surface area contributed by atoms with Crippen molar-refractivity contribution >= 4 is 54.8 Å². The number of halogens is 2. The van der Waals surface area contributed by atoms with Crippen LogP contribution >= 0.6 is 31.9 Å². The summed E-state index contributed by atoms with van der Waals surface area (Å²) >= 11 is 6.33. The summed E-state index contributed by atoms with van der Waals surface area (Å²) in [6.45, 7) is 0. The number of hydrogen-bond donors (Lipinski definition) is 2. The molecule has 2 aromatic carbocycles. The van der Waals surface area contributed by atoms with E-state index in [-0.39, 0.29) is 5.69 Å². The average molecular weight is 415 g/mol. The van der Waals surface area contributed by atoms with Gasteiger partial charge in [0, 0.05) is 27.5 Å². The van der Waals surface area contributed by atoms with Crippen molar-refractivity contribution in [3.8, 4) is 0 Å². The van der Waals surface area contributed by atoms with E-state index in [1.807, 2.05) is 0 Å². The smallest absolute Gasteiger partial charge is 0.285 e. The van der Waals surface area contributed by atoms with E-state index in [4.69, 9.17) is 5.73 Å². The van der Waals surface area contributed by atoms with Gasteiger partial charge in [-0.05, 0) is 62.2 Å². The van der Waals surface area contributed by atoms with Gasteiger partial charge in [-0.25, -0.2) is 0 Å². The van der Waals surface area contributed by atoms with Gasteiger partial charge in [0.15, 0.2) is 0 Å². The molecule has 21 heavy (non-hydrogen) atoms. The molecule has 108 valence electrons. The minimum atomic E-state index is -0.530. The molecule has 0 fully saturated rings. The highest BCUT2D eigenvalue weighted by Gasteiger charge is 2.14. The second-order valence-corrected chi connectivity index (χ2v) is 5.82. The van der Waals surface area contributed by atoms with Crippen molar-refractivity contribution in [2.45, 2.75) is 0 Å². The van der Waals surface area contributed by atoms with Gasteiger partial charge in [0.1, 0.15) is 0 Å². The first kappa shape index (κ1) is 15.5.